The Labute approximate surface area is 174 Å². The van der Waals surface area contributed by atoms with Crippen molar-refractivity contribution in [3.63, 3.8) is 0 Å². The highest BCUT2D eigenvalue weighted by Crippen LogP contribution is 2.34. The molecule has 0 amide bonds. The minimum Gasteiger partial charge on any atom is -0.359 e. The largest absolute Gasteiger partial charge is 0.359 e. The number of likely N-dealkylation sites (tertiary alicyclic amines) is 1. The van der Waals surface area contributed by atoms with Crippen molar-refractivity contribution in [2.24, 2.45) is 0 Å². The van der Waals surface area contributed by atoms with Gasteiger partial charge in [-0.15, -0.1) is 0 Å². The Morgan fingerprint density at radius 3 is 2.76 bits per heavy atom. The van der Waals surface area contributed by atoms with Crippen LogP contribution in [0.2, 0.25) is 5.02 Å². The lowest BCUT2D eigenvalue weighted by Crippen LogP contribution is -2.24. The van der Waals surface area contributed by atoms with Crippen molar-refractivity contribution in [1.29, 1.82) is 0 Å². The van der Waals surface area contributed by atoms with Crippen LogP contribution in [0.5, 0.6) is 0 Å². The third kappa shape index (κ3) is 3.68. The molecular weight excluding hydrogens is 384 g/mol. The summed E-state index contributed by atoms with van der Waals surface area (Å²) >= 11 is 6.24. The molecule has 0 saturated carbocycles. The summed E-state index contributed by atoms with van der Waals surface area (Å²) in [5.41, 5.74) is 4.24. The number of rotatable bonds is 5. The Kier molecular flexibility index (Phi) is 4.86. The van der Waals surface area contributed by atoms with E-state index in [4.69, 9.17) is 21.1 Å². The molecular formula is C23H23ClN4O. The zero-order chi connectivity index (χ0) is 19.8. The van der Waals surface area contributed by atoms with Crippen LogP contribution in [0, 0.1) is 6.92 Å². The average molecular weight is 407 g/mol. The van der Waals surface area contributed by atoms with E-state index in [9.17, 15) is 0 Å². The predicted octanol–water partition coefficient (Wildman–Crippen LogP) is 5.37. The second-order valence-corrected chi connectivity index (χ2v) is 8.17. The Morgan fingerprint density at radius 2 is 1.97 bits per heavy atom. The summed E-state index contributed by atoms with van der Waals surface area (Å²) in [4.78, 5) is 7.41. The van der Waals surface area contributed by atoms with E-state index in [0.717, 1.165) is 60.8 Å². The molecule has 3 heterocycles. The molecule has 1 aliphatic rings. The van der Waals surface area contributed by atoms with Crippen LogP contribution in [0.1, 0.15) is 41.7 Å². The summed E-state index contributed by atoms with van der Waals surface area (Å²) in [6.45, 7) is 4.55. The first-order chi connectivity index (χ1) is 14.2. The summed E-state index contributed by atoms with van der Waals surface area (Å²) in [5.74, 6) is 2.00. The first kappa shape index (κ1) is 18.4. The summed E-state index contributed by atoms with van der Waals surface area (Å²) in [5, 5.41) is 4.80. The zero-order valence-corrected chi connectivity index (χ0v) is 17.1. The predicted molar refractivity (Wildman–Crippen MR) is 114 cm³/mol. The molecule has 1 saturated heterocycles. The fourth-order valence-electron chi connectivity index (χ4n) is 4.28. The van der Waals surface area contributed by atoms with Gasteiger partial charge >= 0.3 is 0 Å². The van der Waals surface area contributed by atoms with Gasteiger partial charge in [0.25, 0.3) is 0 Å². The number of nitrogens with zero attached hydrogens (tertiary/aromatic N) is 4. The summed E-state index contributed by atoms with van der Waals surface area (Å²) in [7, 11) is 0. The van der Waals surface area contributed by atoms with Crippen LogP contribution < -0.4 is 0 Å². The topological polar surface area (TPSA) is 47.1 Å². The Balaban J connectivity index is 1.51. The van der Waals surface area contributed by atoms with Gasteiger partial charge in [-0.3, -0.25) is 4.90 Å². The highest BCUT2D eigenvalue weighted by molar-refractivity contribution is 6.31. The minimum atomic E-state index is 0.254. The quantitative estimate of drug-likeness (QED) is 0.447. The molecule has 0 spiro atoms. The molecule has 5 rings (SSSR count). The van der Waals surface area contributed by atoms with Crippen LogP contribution in [0.15, 0.2) is 59.1 Å². The van der Waals surface area contributed by atoms with E-state index in [2.05, 4.69) is 51.0 Å². The van der Waals surface area contributed by atoms with Crippen LogP contribution in [0.25, 0.3) is 11.0 Å². The van der Waals surface area contributed by atoms with E-state index in [1.807, 2.05) is 25.1 Å². The molecule has 2 aromatic carbocycles. The smallest absolute Gasteiger partial charge is 0.154 e. The van der Waals surface area contributed by atoms with Crippen LogP contribution >= 0.6 is 11.6 Å². The number of hydrogen-bond donors (Lipinski definition) is 0. The summed E-state index contributed by atoms with van der Waals surface area (Å²) in [6.07, 6.45) is 2.23. The van der Waals surface area contributed by atoms with Gasteiger partial charge in [0.15, 0.2) is 5.76 Å². The second-order valence-electron chi connectivity index (χ2n) is 7.73. The van der Waals surface area contributed by atoms with Gasteiger partial charge in [0.05, 0.1) is 29.3 Å². The molecule has 1 fully saturated rings. The lowest BCUT2D eigenvalue weighted by atomic mass is 10.1. The summed E-state index contributed by atoms with van der Waals surface area (Å²) < 4.78 is 7.89. The highest BCUT2D eigenvalue weighted by Gasteiger charge is 2.30. The minimum absolute atomic E-state index is 0.254. The number of aryl methyl sites for hydroxylation is 1. The maximum atomic E-state index is 6.24. The van der Waals surface area contributed by atoms with Gasteiger partial charge in [-0.2, -0.15) is 0 Å². The molecule has 1 atom stereocenters. The van der Waals surface area contributed by atoms with E-state index in [0.29, 0.717) is 5.02 Å². The van der Waals surface area contributed by atoms with Crippen molar-refractivity contribution in [3.8, 4) is 0 Å². The van der Waals surface area contributed by atoms with E-state index in [1.165, 1.54) is 5.56 Å². The van der Waals surface area contributed by atoms with E-state index >= 15 is 0 Å². The monoisotopic (exact) mass is 406 g/mol. The summed E-state index contributed by atoms with van der Waals surface area (Å²) in [6, 6.07) is 18.8. The van der Waals surface area contributed by atoms with E-state index in [1.54, 1.807) is 0 Å². The van der Waals surface area contributed by atoms with Gasteiger partial charge in [0.2, 0.25) is 0 Å². The molecule has 0 radical (unpaired) electrons. The second kappa shape index (κ2) is 7.65. The number of aromatic nitrogens is 3. The van der Waals surface area contributed by atoms with Crippen molar-refractivity contribution >= 4 is 22.6 Å². The normalized spacial score (nSPS) is 17.4. The maximum Gasteiger partial charge on any atom is 0.154 e. The van der Waals surface area contributed by atoms with Gasteiger partial charge in [0, 0.05) is 17.6 Å². The molecule has 0 bridgehead atoms. The van der Waals surface area contributed by atoms with Gasteiger partial charge < -0.3 is 9.09 Å². The van der Waals surface area contributed by atoms with Crippen LogP contribution in [0.3, 0.4) is 0 Å². The third-order valence-electron chi connectivity index (χ3n) is 5.66. The molecule has 0 N–H and O–H groups in total. The van der Waals surface area contributed by atoms with Crippen molar-refractivity contribution in [3.05, 3.63) is 82.5 Å². The standard InChI is InChI=1S/C23H23ClN4O/c1-16-12-22(29-26-16)21-8-5-11-27(21)15-23-25-19-13-18(24)9-10-20(19)28(23)14-17-6-3-2-4-7-17/h2-4,6-7,9-10,12-13,21H,5,8,11,14-15H2,1H3. The molecule has 148 valence electrons. The third-order valence-corrected chi connectivity index (χ3v) is 5.89. The van der Waals surface area contributed by atoms with Crippen LogP contribution in [-0.2, 0) is 13.1 Å². The number of imidazole rings is 1. The molecule has 5 nitrogen and oxygen atoms in total. The van der Waals surface area contributed by atoms with Crippen molar-refractivity contribution < 1.29 is 4.52 Å². The number of benzene rings is 2. The molecule has 2 aromatic heterocycles. The fourth-order valence-corrected chi connectivity index (χ4v) is 4.44. The average Bonchev–Trinajstić information content (AvgIpc) is 3.42. The highest BCUT2D eigenvalue weighted by atomic mass is 35.5. The Hall–Kier alpha value is -2.63. The number of hydrogen-bond acceptors (Lipinski definition) is 4. The Morgan fingerprint density at radius 1 is 1.10 bits per heavy atom. The molecule has 1 aliphatic heterocycles. The van der Waals surface area contributed by atoms with Crippen LogP contribution in [-0.4, -0.2) is 26.2 Å². The molecule has 6 heteroatoms. The Bertz CT molecular complexity index is 1130. The number of fused-ring (bicyclic) bond motifs is 1. The van der Waals surface area contributed by atoms with E-state index < -0.39 is 0 Å². The maximum absolute atomic E-state index is 6.24. The van der Waals surface area contributed by atoms with Gasteiger partial charge in [-0.1, -0.05) is 47.1 Å². The van der Waals surface area contributed by atoms with Gasteiger partial charge in [-0.05, 0) is 50.1 Å². The fraction of sp³-hybridized carbons (Fsp3) is 0.304. The van der Waals surface area contributed by atoms with Crippen molar-refractivity contribution in [1.82, 2.24) is 19.6 Å². The first-order valence-electron chi connectivity index (χ1n) is 10.0. The molecule has 0 aliphatic carbocycles. The van der Waals surface area contributed by atoms with Crippen LogP contribution in [0.4, 0.5) is 0 Å². The molecule has 1 unspecified atom stereocenters. The van der Waals surface area contributed by atoms with Crippen molar-refractivity contribution in [2.45, 2.75) is 38.9 Å². The van der Waals surface area contributed by atoms with Gasteiger partial charge in [-0.25, -0.2) is 4.98 Å². The van der Waals surface area contributed by atoms with Crippen molar-refractivity contribution in [2.75, 3.05) is 6.54 Å². The zero-order valence-electron chi connectivity index (χ0n) is 16.4. The van der Waals surface area contributed by atoms with E-state index in [-0.39, 0.29) is 6.04 Å². The molecule has 4 aromatic rings. The van der Waals surface area contributed by atoms with Gasteiger partial charge in [0.1, 0.15) is 5.82 Å². The first-order valence-corrected chi connectivity index (χ1v) is 10.4. The lowest BCUT2D eigenvalue weighted by Gasteiger charge is -2.22. The molecule has 29 heavy (non-hydrogen) atoms. The number of halogens is 1. The lowest BCUT2D eigenvalue weighted by molar-refractivity contribution is 0.200. The SMILES string of the molecule is Cc1cc(C2CCCN2Cc2nc3cc(Cl)ccc3n2Cc2ccccc2)on1.